The molecule has 2 fully saturated rings. The first kappa shape index (κ1) is 114. The molecule has 0 aliphatic carbocycles. The molecule has 746 valence electrons. The summed E-state index contributed by atoms with van der Waals surface area (Å²) in [7, 11) is -2.42. The highest BCUT2D eigenvalue weighted by atomic mass is 79.9. The predicted molar refractivity (Wildman–Crippen MR) is 624 cm³/mol. The van der Waals surface area contributed by atoms with Gasteiger partial charge in [0.1, 0.15) is 18.4 Å². The second-order valence-electron chi connectivity index (χ2n) is 35.6. The number of halogens is 10. The Kier molecular flexibility index (Phi) is 41.7. The van der Waals surface area contributed by atoms with Gasteiger partial charge >= 0.3 is 21.4 Å². The Morgan fingerprint density at radius 1 is 0.297 bits per heavy atom. The Hall–Kier alpha value is -12.6. The standard InChI is InChI=1S/C25H16Cl2N2.2C19H21BO3.C19H12Cl2O.C13H9ClO.C7H4BrClO.C6H7BO2.C6H3BrCl2.C6H8N2/c26-18-11-13-22(27)21(15-18)20-14-17(16-6-2-1-3-7-16)10-12-19(20)25-28-23-8-4-5-9-24(23)29-25;2*1-18(2)19(3,4)23-20(22-18)17-12-15(10-11-16(17)13-21)14-8-6-5-7-9-14;20-16-8-9-19(21)18(11-16)17-10-14(6-7-15(17)12-22)13-4-2-1-3-5-13;14-13-8-11(6-7-12(13)9-15)10-4-2-1-3-5-10;8-6-2-1-5(4-10)7(9)3-6;8-7(9)6-4-2-1-3-5-6;7-5-3-4(8)1-2-6(5)9;7-5-3-1-2-4-6(5)8/h1-15H,(H,28,29);2*5-13H,1-4H3;1-12H;1-9H;1-4H;1-5,8-9H;1-3H;1-4H,7-8H2. The van der Waals surface area contributed by atoms with E-state index in [1.807, 2.05) is 310 Å². The second kappa shape index (κ2) is 54.0. The van der Waals surface area contributed by atoms with Gasteiger partial charge in [0.25, 0.3) is 0 Å². The first-order valence-electron chi connectivity index (χ1n) is 46.4. The van der Waals surface area contributed by atoms with Crippen molar-refractivity contribution in [3.05, 3.63) is 471 Å². The monoisotopic (exact) mass is 2240 g/mol. The number of nitrogens with two attached hydrogens (primary N) is 2. The van der Waals surface area contributed by atoms with Crippen molar-refractivity contribution in [1.82, 2.24) is 9.97 Å². The van der Waals surface area contributed by atoms with Crippen LogP contribution in [0.1, 0.15) is 107 Å². The molecule has 17 aromatic carbocycles. The summed E-state index contributed by atoms with van der Waals surface area (Å²) < 4.78 is 26.1. The van der Waals surface area contributed by atoms with Crippen molar-refractivity contribution in [2.75, 3.05) is 11.5 Å². The summed E-state index contributed by atoms with van der Waals surface area (Å²) >= 11 is 54.6. The van der Waals surface area contributed by atoms with Crippen LogP contribution in [-0.2, 0) is 18.6 Å². The Balaban J connectivity index is 0.000000153. The van der Waals surface area contributed by atoms with Crippen molar-refractivity contribution in [2.24, 2.45) is 0 Å². The molecule has 1 aromatic heterocycles. The van der Waals surface area contributed by atoms with E-state index in [0.29, 0.717) is 84.8 Å². The zero-order valence-electron chi connectivity index (χ0n) is 81.6. The van der Waals surface area contributed by atoms with Crippen LogP contribution < -0.4 is 27.9 Å². The number of hydrogen-bond acceptors (Lipinski definition) is 14. The maximum absolute atomic E-state index is 11.4. The molecule has 0 amide bonds. The van der Waals surface area contributed by atoms with Gasteiger partial charge in [0.05, 0.1) is 59.9 Å². The second-order valence-corrected chi connectivity index (χ2v) is 40.7. The van der Waals surface area contributed by atoms with Gasteiger partial charge in [-0.05, 0) is 276 Å². The molecule has 18 aromatic rings. The number of aromatic amines is 1. The van der Waals surface area contributed by atoms with Crippen LogP contribution in [0.4, 0.5) is 11.4 Å². The molecule has 3 heterocycles. The normalized spacial score (nSPS) is 12.9. The summed E-state index contributed by atoms with van der Waals surface area (Å²) in [4.78, 5) is 63.3. The number of para-hydroxylation sites is 4. The number of nitrogens with one attached hydrogen (secondary N) is 1. The number of anilines is 2. The van der Waals surface area contributed by atoms with Gasteiger partial charge in [-0.3, -0.25) is 24.0 Å². The molecule has 0 bridgehead atoms. The summed E-state index contributed by atoms with van der Waals surface area (Å²) in [5.74, 6) is 0.803. The van der Waals surface area contributed by atoms with Gasteiger partial charge in [0.15, 0.2) is 18.9 Å². The topological polar surface area (TPSA) is 243 Å². The fourth-order valence-corrected chi connectivity index (χ4v) is 17.5. The lowest BCUT2D eigenvalue weighted by molar-refractivity contribution is 0.00578. The molecular weight excluding hydrogens is 2150 g/mol. The average Bonchev–Trinajstić information content (AvgIpc) is 1.61. The average molecular weight is 2250 g/mol. The SMILES string of the molecule is CC1(C)OB(c2cc(-c3ccccc3)ccc2C=O)OC1(C)C.CC1(C)OB(c2cc(-c3ccccc3)ccc2C=O)OC1(C)C.Clc1ccc(Cl)c(-c2cc(-c3ccccc3)ccc2-c2nc3ccccc3[nH]2)c1.Clc1ccc(Cl)c(Br)c1.Nc1ccccc1N.O=Cc1ccc(-c2ccccc2)cc1-c1cc(Cl)ccc1Cl.O=Cc1ccc(-c2ccccc2)cc1Cl.O=Cc1ccc(Br)cc1Cl.OB(O)c1ccccc1. The summed E-state index contributed by atoms with van der Waals surface area (Å²) in [6.45, 7) is 16.1. The molecule has 0 radical (unpaired) electrons. The number of benzene rings is 17. The van der Waals surface area contributed by atoms with Gasteiger partial charge in [-0.2, -0.15) is 0 Å². The van der Waals surface area contributed by atoms with E-state index in [4.69, 9.17) is 138 Å². The zero-order valence-corrected chi connectivity index (χ0v) is 90.8. The van der Waals surface area contributed by atoms with Crippen LogP contribution in [-0.4, -0.2) is 95.2 Å². The van der Waals surface area contributed by atoms with E-state index < -0.39 is 43.8 Å². The smallest absolute Gasteiger partial charge is 0.423 e. The van der Waals surface area contributed by atoms with Crippen molar-refractivity contribution in [3.63, 3.8) is 0 Å². The third-order valence-corrected chi connectivity index (χ3v) is 28.2. The first-order valence-corrected chi connectivity index (χ1v) is 51.0. The number of fused-ring (bicyclic) bond motifs is 1. The maximum atomic E-state index is 11.4. The Morgan fingerprint density at radius 2 is 0.615 bits per heavy atom. The summed E-state index contributed by atoms with van der Waals surface area (Å²) in [5, 5.41) is 21.9. The van der Waals surface area contributed by atoms with E-state index in [1.54, 1.807) is 109 Å². The third-order valence-electron chi connectivity index (χ3n) is 24.5. The van der Waals surface area contributed by atoms with Gasteiger partial charge in [0.2, 0.25) is 0 Å². The number of nitrogen functional groups attached to an aromatic ring is 2. The van der Waals surface area contributed by atoms with Crippen LogP contribution in [0, 0.1) is 0 Å². The van der Waals surface area contributed by atoms with Gasteiger partial charge in [-0.15, -0.1) is 0 Å². The van der Waals surface area contributed by atoms with Crippen LogP contribution in [0.2, 0.25) is 40.2 Å². The van der Waals surface area contributed by atoms with E-state index in [1.165, 1.54) is 0 Å². The number of aromatic nitrogens is 2. The molecule has 0 atom stereocenters. The van der Waals surface area contributed by atoms with Crippen molar-refractivity contribution in [1.29, 1.82) is 0 Å². The van der Waals surface area contributed by atoms with Crippen molar-refractivity contribution < 1.29 is 52.6 Å². The van der Waals surface area contributed by atoms with Crippen LogP contribution in [0.25, 0.3) is 100 Å². The summed E-state index contributed by atoms with van der Waals surface area (Å²) in [6.07, 6.45) is 4.04. The fraction of sp³-hybridized carbons (Fsp3) is 0.100. The molecule has 148 heavy (non-hydrogen) atoms. The van der Waals surface area contributed by atoms with E-state index >= 15 is 0 Å². The Labute approximate surface area is 920 Å². The van der Waals surface area contributed by atoms with Crippen LogP contribution >= 0.6 is 125 Å². The van der Waals surface area contributed by atoms with E-state index in [0.717, 1.165) is 152 Å². The summed E-state index contributed by atoms with van der Waals surface area (Å²) in [6, 6.07) is 124. The third kappa shape index (κ3) is 31.1. The summed E-state index contributed by atoms with van der Waals surface area (Å²) in [5.41, 5.74) is 32.3. The number of H-pyrrole nitrogens is 1. The molecule has 28 heteroatoms. The largest absolute Gasteiger partial charge is 0.495 e. The highest BCUT2D eigenvalue weighted by Gasteiger charge is 2.53. The molecule has 20 rings (SSSR count). The number of aldehydes is 5. The number of carbonyl (C=O) groups excluding carboxylic acids is 5. The Bertz CT molecular complexity index is 7370. The minimum atomic E-state index is -1.34. The molecule has 2 saturated heterocycles. The highest BCUT2D eigenvalue weighted by molar-refractivity contribution is 9.10. The van der Waals surface area contributed by atoms with E-state index in [2.05, 4.69) is 67.2 Å². The lowest BCUT2D eigenvalue weighted by Crippen LogP contribution is -2.41. The molecule has 15 nitrogen and oxygen atoms in total. The number of imidazole rings is 1. The van der Waals surface area contributed by atoms with Crippen molar-refractivity contribution >= 4 is 216 Å². The minimum Gasteiger partial charge on any atom is -0.423 e. The number of carbonyl (C=O) groups is 5. The minimum absolute atomic E-state index is 0.430. The predicted octanol–water partition coefficient (Wildman–Crippen LogP) is 31.6. The van der Waals surface area contributed by atoms with Crippen molar-refractivity contribution in [3.8, 4) is 89.3 Å². The zero-order chi connectivity index (χ0) is 106. The van der Waals surface area contributed by atoms with Crippen LogP contribution in [0.3, 0.4) is 0 Å². The number of hydrogen-bond donors (Lipinski definition) is 5. The van der Waals surface area contributed by atoms with Gasteiger partial charge in [0, 0.05) is 78.6 Å². The Morgan fingerprint density at radius 3 is 0.973 bits per heavy atom. The maximum Gasteiger partial charge on any atom is 0.495 e. The lowest BCUT2D eigenvalue weighted by atomic mass is 9.75. The number of rotatable bonds is 16. The van der Waals surface area contributed by atoms with E-state index in [-0.39, 0.29) is 0 Å². The van der Waals surface area contributed by atoms with Crippen molar-refractivity contribution in [2.45, 2.75) is 77.8 Å². The number of nitrogens with zero attached hydrogens (tertiary/aromatic N) is 1. The first-order chi connectivity index (χ1) is 70.9. The van der Waals surface area contributed by atoms with Crippen LogP contribution in [0.15, 0.2) is 403 Å². The van der Waals surface area contributed by atoms with Gasteiger partial charge in [-0.25, -0.2) is 4.98 Å². The van der Waals surface area contributed by atoms with Gasteiger partial charge < -0.3 is 45.1 Å². The van der Waals surface area contributed by atoms with Crippen LogP contribution in [0.5, 0.6) is 0 Å². The quantitative estimate of drug-likeness (QED) is 0.0262. The lowest BCUT2D eigenvalue weighted by Gasteiger charge is -2.32. The molecule has 2 aliphatic heterocycles. The highest BCUT2D eigenvalue weighted by Crippen LogP contribution is 2.43. The van der Waals surface area contributed by atoms with E-state index in [9.17, 15) is 24.0 Å². The fourth-order valence-electron chi connectivity index (χ4n) is 14.9. The van der Waals surface area contributed by atoms with Gasteiger partial charge in [-0.1, -0.05) is 382 Å². The molecule has 0 unspecified atom stereocenters. The molecule has 2 aliphatic rings. The molecular formula is C120H101B3Br2Cl8N4O11. The molecule has 0 saturated carbocycles. The molecule has 0 spiro atoms. The molecule has 7 N–H and O–H groups in total.